The van der Waals surface area contributed by atoms with E-state index >= 15 is 0 Å². The summed E-state index contributed by atoms with van der Waals surface area (Å²) in [6.45, 7) is 2.62. The maximum atomic E-state index is 12.4. The summed E-state index contributed by atoms with van der Waals surface area (Å²) in [6.07, 6.45) is 4.44. The first-order chi connectivity index (χ1) is 14.8. The molecule has 0 unspecified atom stereocenters. The molecule has 1 aliphatic rings. The first-order valence-corrected chi connectivity index (χ1v) is 11.5. The summed E-state index contributed by atoms with van der Waals surface area (Å²) in [5.41, 5.74) is 2.25. The van der Waals surface area contributed by atoms with E-state index in [4.69, 9.17) is 0 Å². The number of carbonyl (C=O) groups is 1. The third-order valence-electron chi connectivity index (χ3n) is 5.18. The Morgan fingerprint density at radius 3 is 2.37 bits per heavy atom. The zero-order chi connectivity index (χ0) is 20.6. The molecule has 156 valence electrons. The number of nitrogens with one attached hydrogen (secondary N) is 1. The molecular formula is C23H27N5OS. The largest absolute Gasteiger partial charge is 0.355 e. The molecule has 2 heterocycles. The van der Waals surface area contributed by atoms with Gasteiger partial charge in [-0.2, -0.15) is 0 Å². The third-order valence-corrected chi connectivity index (χ3v) is 6.11. The van der Waals surface area contributed by atoms with Gasteiger partial charge >= 0.3 is 0 Å². The molecule has 6 nitrogen and oxygen atoms in total. The predicted octanol–water partition coefficient (Wildman–Crippen LogP) is 3.71. The van der Waals surface area contributed by atoms with Gasteiger partial charge in [0.25, 0.3) is 0 Å². The van der Waals surface area contributed by atoms with E-state index < -0.39 is 0 Å². The minimum absolute atomic E-state index is 0.0121. The number of anilines is 1. The lowest BCUT2D eigenvalue weighted by molar-refractivity contribution is -0.118. The molecule has 1 fully saturated rings. The fourth-order valence-electron chi connectivity index (χ4n) is 3.63. The molecule has 0 aliphatic carbocycles. The Morgan fingerprint density at radius 2 is 1.63 bits per heavy atom. The number of thioether (sulfide) groups is 1. The van der Waals surface area contributed by atoms with Gasteiger partial charge in [-0.15, -0.1) is 10.2 Å². The molecule has 30 heavy (non-hydrogen) atoms. The smallest absolute Gasteiger partial charge is 0.232 e. The van der Waals surface area contributed by atoms with E-state index in [0.717, 1.165) is 36.3 Å². The van der Waals surface area contributed by atoms with Crippen LogP contribution in [0.4, 0.5) is 5.95 Å². The third kappa shape index (κ3) is 5.21. The van der Waals surface area contributed by atoms with Crippen LogP contribution >= 0.6 is 11.8 Å². The molecule has 1 N–H and O–H groups in total. The molecular weight excluding hydrogens is 394 g/mol. The van der Waals surface area contributed by atoms with Crippen LogP contribution in [0.25, 0.3) is 5.69 Å². The average Bonchev–Trinajstić information content (AvgIpc) is 3.23. The molecule has 0 bridgehead atoms. The fraction of sp³-hybridized carbons (Fsp3) is 0.348. The molecule has 7 heteroatoms. The van der Waals surface area contributed by atoms with E-state index in [1.807, 2.05) is 36.4 Å². The van der Waals surface area contributed by atoms with Gasteiger partial charge in [-0.3, -0.25) is 9.36 Å². The molecule has 4 rings (SSSR count). The van der Waals surface area contributed by atoms with Crippen LogP contribution in [0.15, 0.2) is 65.8 Å². The Morgan fingerprint density at radius 1 is 0.933 bits per heavy atom. The van der Waals surface area contributed by atoms with Crippen LogP contribution in [-0.4, -0.2) is 46.1 Å². The Kier molecular flexibility index (Phi) is 7.03. The van der Waals surface area contributed by atoms with Crippen molar-refractivity contribution >= 4 is 23.6 Å². The Labute approximate surface area is 181 Å². The van der Waals surface area contributed by atoms with E-state index in [0.29, 0.717) is 12.3 Å². The zero-order valence-electron chi connectivity index (χ0n) is 17.0. The van der Waals surface area contributed by atoms with Crippen LogP contribution in [0.2, 0.25) is 0 Å². The lowest BCUT2D eigenvalue weighted by Crippen LogP contribution is -2.31. The number of para-hydroxylation sites is 1. The van der Waals surface area contributed by atoms with Crippen molar-refractivity contribution in [2.45, 2.75) is 30.8 Å². The van der Waals surface area contributed by atoms with Crippen molar-refractivity contribution in [3.05, 3.63) is 66.2 Å². The van der Waals surface area contributed by atoms with Crippen molar-refractivity contribution in [2.24, 2.45) is 0 Å². The summed E-state index contributed by atoms with van der Waals surface area (Å²) >= 11 is 1.43. The number of amides is 1. The molecule has 3 aromatic rings. The van der Waals surface area contributed by atoms with Gasteiger partial charge in [0.1, 0.15) is 0 Å². The van der Waals surface area contributed by atoms with Gasteiger partial charge in [-0.25, -0.2) is 0 Å². The summed E-state index contributed by atoms with van der Waals surface area (Å²) < 4.78 is 2.08. The second-order valence-corrected chi connectivity index (χ2v) is 8.32. The predicted molar refractivity (Wildman–Crippen MR) is 121 cm³/mol. The number of hydrogen-bond donors (Lipinski definition) is 1. The lowest BCUT2D eigenvalue weighted by Gasteiger charge is -2.27. The van der Waals surface area contributed by atoms with Gasteiger partial charge in [0.05, 0.1) is 11.4 Å². The van der Waals surface area contributed by atoms with Crippen LogP contribution in [0.5, 0.6) is 0 Å². The van der Waals surface area contributed by atoms with E-state index in [-0.39, 0.29) is 5.91 Å². The second kappa shape index (κ2) is 10.3. The number of nitrogens with zero attached hydrogens (tertiary/aromatic N) is 4. The molecule has 2 aromatic carbocycles. The Balaban J connectivity index is 1.40. The van der Waals surface area contributed by atoms with Crippen molar-refractivity contribution in [3.8, 4) is 5.69 Å². The van der Waals surface area contributed by atoms with Gasteiger partial charge in [0.2, 0.25) is 11.9 Å². The van der Waals surface area contributed by atoms with Crippen LogP contribution in [0, 0.1) is 0 Å². The van der Waals surface area contributed by atoms with Gasteiger partial charge in [-0.1, -0.05) is 60.3 Å². The molecule has 1 aromatic heterocycles. The molecule has 0 atom stereocenters. The molecule has 1 saturated heterocycles. The molecule has 0 saturated carbocycles. The number of benzene rings is 2. The van der Waals surface area contributed by atoms with E-state index in [2.05, 4.69) is 49.2 Å². The van der Waals surface area contributed by atoms with E-state index in [9.17, 15) is 4.79 Å². The van der Waals surface area contributed by atoms with Gasteiger partial charge in [-0.05, 0) is 43.4 Å². The number of piperidine rings is 1. The first-order valence-electron chi connectivity index (χ1n) is 10.5. The van der Waals surface area contributed by atoms with E-state index in [1.54, 1.807) is 0 Å². The Hall–Kier alpha value is -2.80. The van der Waals surface area contributed by atoms with Crippen molar-refractivity contribution in [3.63, 3.8) is 0 Å². The first kappa shape index (κ1) is 20.5. The van der Waals surface area contributed by atoms with Crippen LogP contribution in [0.3, 0.4) is 0 Å². The molecule has 0 spiro atoms. The van der Waals surface area contributed by atoms with Crippen molar-refractivity contribution in [2.75, 3.05) is 30.3 Å². The number of aromatic nitrogens is 3. The van der Waals surface area contributed by atoms with Gasteiger partial charge < -0.3 is 10.2 Å². The highest BCUT2D eigenvalue weighted by atomic mass is 32.2. The number of hydrogen-bond acceptors (Lipinski definition) is 5. The number of carbonyl (C=O) groups excluding carboxylic acids is 1. The molecule has 1 amide bonds. The van der Waals surface area contributed by atoms with Crippen LogP contribution in [-0.2, 0) is 11.2 Å². The number of rotatable bonds is 8. The topological polar surface area (TPSA) is 63.1 Å². The van der Waals surface area contributed by atoms with Crippen molar-refractivity contribution in [1.82, 2.24) is 20.1 Å². The summed E-state index contributed by atoms with van der Waals surface area (Å²) in [5.74, 6) is 1.20. The maximum absolute atomic E-state index is 12.4. The minimum Gasteiger partial charge on any atom is -0.355 e. The summed E-state index contributed by atoms with van der Waals surface area (Å²) in [6, 6.07) is 20.3. The zero-order valence-corrected chi connectivity index (χ0v) is 17.9. The maximum Gasteiger partial charge on any atom is 0.232 e. The van der Waals surface area contributed by atoms with Gasteiger partial charge in [0, 0.05) is 19.6 Å². The van der Waals surface area contributed by atoms with Crippen LogP contribution in [0.1, 0.15) is 24.8 Å². The standard InChI is InChI=1S/C23H27N5OS/c29-21(24-15-14-19-10-4-1-5-11-19)18-30-23-26-25-22(27-16-8-3-9-17-27)28(23)20-12-6-2-7-13-20/h1-2,4-7,10-13H,3,8-9,14-18H2,(H,24,29). The highest BCUT2D eigenvalue weighted by molar-refractivity contribution is 7.99. The summed E-state index contributed by atoms with van der Waals surface area (Å²) in [4.78, 5) is 14.7. The fourth-order valence-corrected chi connectivity index (χ4v) is 4.41. The normalized spacial score (nSPS) is 13.9. The summed E-state index contributed by atoms with van der Waals surface area (Å²) in [5, 5.41) is 12.7. The van der Waals surface area contributed by atoms with Crippen molar-refractivity contribution in [1.29, 1.82) is 0 Å². The summed E-state index contributed by atoms with van der Waals surface area (Å²) in [7, 11) is 0. The Bertz CT molecular complexity index is 939. The lowest BCUT2D eigenvalue weighted by atomic mass is 10.1. The SMILES string of the molecule is O=C(CSc1nnc(N2CCCCC2)n1-c1ccccc1)NCCc1ccccc1. The van der Waals surface area contributed by atoms with E-state index in [1.165, 1.54) is 36.6 Å². The molecule has 1 aliphatic heterocycles. The monoisotopic (exact) mass is 421 g/mol. The van der Waals surface area contributed by atoms with Gasteiger partial charge in [0.15, 0.2) is 5.16 Å². The molecule has 0 radical (unpaired) electrons. The highest BCUT2D eigenvalue weighted by Crippen LogP contribution is 2.28. The minimum atomic E-state index is 0.0121. The second-order valence-electron chi connectivity index (χ2n) is 7.38. The quantitative estimate of drug-likeness (QED) is 0.562. The van der Waals surface area contributed by atoms with Crippen molar-refractivity contribution < 1.29 is 4.79 Å². The average molecular weight is 422 g/mol. The van der Waals surface area contributed by atoms with Crippen LogP contribution < -0.4 is 10.2 Å². The highest BCUT2D eigenvalue weighted by Gasteiger charge is 2.21.